The SMILES string of the molecule is CCC[NH2+]Cc1ccc(Br)cc1. The molecular formula is C10H15BrN+. The Bertz CT molecular complexity index is 218. The lowest BCUT2D eigenvalue weighted by molar-refractivity contribution is -0.670. The lowest BCUT2D eigenvalue weighted by Gasteiger charge is -1.99. The molecule has 0 heterocycles. The van der Waals surface area contributed by atoms with Crippen molar-refractivity contribution in [3.63, 3.8) is 0 Å². The van der Waals surface area contributed by atoms with Crippen molar-refractivity contribution in [2.24, 2.45) is 0 Å². The van der Waals surface area contributed by atoms with E-state index in [0.29, 0.717) is 0 Å². The van der Waals surface area contributed by atoms with Crippen LogP contribution in [0.4, 0.5) is 0 Å². The van der Waals surface area contributed by atoms with Gasteiger partial charge in [-0.2, -0.15) is 0 Å². The quantitative estimate of drug-likeness (QED) is 0.759. The lowest BCUT2D eigenvalue weighted by atomic mass is 10.2. The molecule has 1 nitrogen and oxygen atoms in total. The zero-order valence-corrected chi connectivity index (χ0v) is 8.97. The summed E-state index contributed by atoms with van der Waals surface area (Å²) in [7, 11) is 0. The molecule has 66 valence electrons. The number of hydrogen-bond acceptors (Lipinski definition) is 0. The van der Waals surface area contributed by atoms with E-state index in [1.807, 2.05) is 0 Å². The summed E-state index contributed by atoms with van der Waals surface area (Å²) in [6.07, 6.45) is 1.25. The Morgan fingerprint density at radius 2 is 1.92 bits per heavy atom. The second kappa shape index (κ2) is 5.33. The highest BCUT2D eigenvalue weighted by Crippen LogP contribution is 2.09. The van der Waals surface area contributed by atoms with E-state index in [9.17, 15) is 0 Å². The van der Waals surface area contributed by atoms with Crippen LogP contribution in [0.25, 0.3) is 0 Å². The molecule has 1 aromatic carbocycles. The lowest BCUT2D eigenvalue weighted by Crippen LogP contribution is -2.82. The zero-order chi connectivity index (χ0) is 8.81. The van der Waals surface area contributed by atoms with Gasteiger partial charge in [-0.1, -0.05) is 35.0 Å². The van der Waals surface area contributed by atoms with Crippen LogP contribution < -0.4 is 5.32 Å². The summed E-state index contributed by atoms with van der Waals surface area (Å²) >= 11 is 3.42. The molecule has 1 rings (SSSR count). The Hall–Kier alpha value is -0.340. The minimum atomic E-state index is 1.10. The maximum atomic E-state index is 3.42. The van der Waals surface area contributed by atoms with Gasteiger partial charge in [0.2, 0.25) is 0 Å². The molecule has 0 unspecified atom stereocenters. The predicted octanol–water partition coefficient (Wildman–Crippen LogP) is 1.92. The van der Waals surface area contributed by atoms with E-state index in [4.69, 9.17) is 0 Å². The van der Waals surface area contributed by atoms with Crippen molar-refractivity contribution < 1.29 is 5.32 Å². The van der Waals surface area contributed by atoms with Crippen LogP contribution in [-0.2, 0) is 6.54 Å². The number of benzene rings is 1. The van der Waals surface area contributed by atoms with Gasteiger partial charge >= 0.3 is 0 Å². The van der Waals surface area contributed by atoms with Gasteiger partial charge in [0.15, 0.2) is 0 Å². The fourth-order valence-corrected chi connectivity index (χ4v) is 1.36. The molecule has 0 fully saturated rings. The van der Waals surface area contributed by atoms with Gasteiger partial charge < -0.3 is 5.32 Å². The number of halogens is 1. The smallest absolute Gasteiger partial charge is 0.101 e. The van der Waals surface area contributed by atoms with Crippen LogP contribution in [-0.4, -0.2) is 6.54 Å². The molecule has 0 saturated carbocycles. The molecular weight excluding hydrogens is 214 g/mol. The van der Waals surface area contributed by atoms with Gasteiger partial charge in [-0.25, -0.2) is 0 Å². The monoisotopic (exact) mass is 228 g/mol. The fourth-order valence-electron chi connectivity index (χ4n) is 1.09. The summed E-state index contributed by atoms with van der Waals surface area (Å²) < 4.78 is 1.15. The third-order valence-electron chi connectivity index (χ3n) is 1.79. The zero-order valence-electron chi connectivity index (χ0n) is 7.39. The first-order valence-corrected chi connectivity index (χ1v) is 5.18. The number of nitrogens with two attached hydrogens (primary N) is 1. The van der Waals surface area contributed by atoms with Crippen molar-refractivity contribution in [3.8, 4) is 0 Å². The van der Waals surface area contributed by atoms with Crippen LogP contribution in [0.2, 0.25) is 0 Å². The number of rotatable bonds is 4. The highest BCUT2D eigenvalue weighted by molar-refractivity contribution is 9.10. The molecule has 2 N–H and O–H groups in total. The van der Waals surface area contributed by atoms with Crippen LogP contribution in [0.3, 0.4) is 0 Å². The molecule has 0 aliphatic heterocycles. The molecule has 0 amide bonds. The summed E-state index contributed by atoms with van der Waals surface area (Å²) in [5.74, 6) is 0. The molecule has 0 aliphatic carbocycles. The maximum absolute atomic E-state index is 3.42. The fraction of sp³-hybridized carbons (Fsp3) is 0.400. The van der Waals surface area contributed by atoms with E-state index in [1.165, 1.54) is 18.5 Å². The van der Waals surface area contributed by atoms with Crippen LogP contribution in [0, 0.1) is 0 Å². The van der Waals surface area contributed by atoms with E-state index in [2.05, 4.69) is 52.4 Å². The molecule has 0 bridgehead atoms. The van der Waals surface area contributed by atoms with E-state index < -0.39 is 0 Å². The number of hydrogen-bond donors (Lipinski definition) is 1. The maximum Gasteiger partial charge on any atom is 0.101 e. The minimum absolute atomic E-state index is 1.10. The Kier molecular flexibility index (Phi) is 4.33. The van der Waals surface area contributed by atoms with E-state index >= 15 is 0 Å². The van der Waals surface area contributed by atoms with Gasteiger partial charge in [0, 0.05) is 10.0 Å². The summed E-state index contributed by atoms with van der Waals surface area (Å²) in [6, 6.07) is 8.51. The minimum Gasteiger partial charge on any atom is -0.343 e. The largest absolute Gasteiger partial charge is 0.343 e. The number of quaternary nitrogens is 1. The molecule has 0 atom stereocenters. The average Bonchev–Trinajstić information content (AvgIpc) is 2.09. The summed E-state index contributed by atoms with van der Waals surface area (Å²) in [5, 5.41) is 2.34. The summed E-state index contributed by atoms with van der Waals surface area (Å²) in [4.78, 5) is 0. The van der Waals surface area contributed by atoms with Gasteiger partial charge in [0.05, 0.1) is 6.54 Å². The van der Waals surface area contributed by atoms with E-state index in [0.717, 1.165) is 11.0 Å². The van der Waals surface area contributed by atoms with Crippen LogP contribution >= 0.6 is 15.9 Å². The normalized spacial score (nSPS) is 10.2. The first kappa shape index (κ1) is 9.75. The Labute approximate surface area is 82.3 Å². The van der Waals surface area contributed by atoms with Crippen molar-refractivity contribution in [1.29, 1.82) is 0 Å². The Morgan fingerprint density at radius 3 is 2.50 bits per heavy atom. The standard InChI is InChI=1S/C10H14BrN/c1-2-7-12-8-9-3-5-10(11)6-4-9/h3-6,12H,2,7-8H2,1H3/p+1. The molecule has 0 spiro atoms. The predicted molar refractivity (Wildman–Crippen MR) is 54.9 cm³/mol. The van der Waals surface area contributed by atoms with Gasteiger partial charge in [0.25, 0.3) is 0 Å². The first-order chi connectivity index (χ1) is 5.83. The highest BCUT2D eigenvalue weighted by Gasteiger charge is 1.93. The second-order valence-corrected chi connectivity index (χ2v) is 3.82. The Balaban J connectivity index is 2.37. The Morgan fingerprint density at radius 1 is 1.25 bits per heavy atom. The van der Waals surface area contributed by atoms with Crippen molar-refractivity contribution in [1.82, 2.24) is 0 Å². The summed E-state index contributed by atoms with van der Waals surface area (Å²) in [5.41, 5.74) is 1.40. The van der Waals surface area contributed by atoms with Crippen molar-refractivity contribution in [2.45, 2.75) is 19.9 Å². The molecule has 12 heavy (non-hydrogen) atoms. The van der Waals surface area contributed by atoms with E-state index in [1.54, 1.807) is 0 Å². The second-order valence-electron chi connectivity index (χ2n) is 2.91. The molecule has 0 saturated heterocycles. The van der Waals surface area contributed by atoms with Crippen molar-refractivity contribution >= 4 is 15.9 Å². The molecule has 0 aromatic heterocycles. The highest BCUT2D eigenvalue weighted by atomic mass is 79.9. The van der Waals surface area contributed by atoms with Gasteiger partial charge in [-0.15, -0.1) is 0 Å². The average molecular weight is 229 g/mol. The first-order valence-electron chi connectivity index (χ1n) is 4.39. The molecule has 2 heteroatoms. The molecule has 0 aliphatic rings. The molecule has 1 aromatic rings. The van der Waals surface area contributed by atoms with Gasteiger partial charge in [-0.3, -0.25) is 0 Å². The van der Waals surface area contributed by atoms with Crippen LogP contribution in [0.1, 0.15) is 18.9 Å². The summed E-state index contributed by atoms with van der Waals surface area (Å²) in [6.45, 7) is 4.52. The van der Waals surface area contributed by atoms with Crippen molar-refractivity contribution in [3.05, 3.63) is 34.3 Å². The van der Waals surface area contributed by atoms with Gasteiger partial charge in [-0.05, 0) is 18.6 Å². The molecule has 0 radical (unpaired) electrons. The topological polar surface area (TPSA) is 16.6 Å². The van der Waals surface area contributed by atoms with E-state index in [-0.39, 0.29) is 0 Å². The van der Waals surface area contributed by atoms with Crippen LogP contribution in [0.5, 0.6) is 0 Å². The van der Waals surface area contributed by atoms with Crippen molar-refractivity contribution in [2.75, 3.05) is 6.54 Å². The van der Waals surface area contributed by atoms with Crippen LogP contribution in [0.15, 0.2) is 28.7 Å². The van der Waals surface area contributed by atoms with Gasteiger partial charge in [0.1, 0.15) is 6.54 Å². The third kappa shape index (κ3) is 3.37. The third-order valence-corrected chi connectivity index (χ3v) is 2.31.